The van der Waals surface area contributed by atoms with Gasteiger partial charge in [-0.2, -0.15) is 0 Å². The lowest BCUT2D eigenvalue weighted by Crippen LogP contribution is -2.11. The summed E-state index contributed by atoms with van der Waals surface area (Å²) in [5.74, 6) is -0.433. The fraction of sp³-hybridized carbons (Fsp3) is 0.750. The Balaban J connectivity index is 3.52. The number of hydrogen-bond acceptors (Lipinski definition) is 2. The van der Waals surface area contributed by atoms with Crippen LogP contribution < -0.4 is 0 Å². The fourth-order valence-corrected chi connectivity index (χ4v) is 0.674. The van der Waals surface area contributed by atoms with Crippen LogP contribution in [0.3, 0.4) is 0 Å². The van der Waals surface area contributed by atoms with Crippen LogP contribution in [0, 0.1) is 0 Å². The van der Waals surface area contributed by atoms with Gasteiger partial charge in [0, 0.05) is 12.8 Å². The quantitative estimate of drug-likeness (QED) is 0.548. The van der Waals surface area contributed by atoms with Gasteiger partial charge in [-0.25, -0.2) is 0 Å². The molecular formula is C8H14O2. The van der Waals surface area contributed by atoms with Crippen LogP contribution in [0.4, 0.5) is 0 Å². The minimum atomic E-state index is -0.228. The van der Waals surface area contributed by atoms with Crippen molar-refractivity contribution in [3.05, 3.63) is 0 Å². The predicted molar refractivity (Wildman–Crippen MR) is 39.8 cm³/mol. The lowest BCUT2D eigenvalue weighted by Gasteiger charge is -1.93. The highest BCUT2D eigenvalue weighted by atomic mass is 16.2. The largest absolute Gasteiger partial charge is 0.291 e. The van der Waals surface area contributed by atoms with Gasteiger partial charge in [0.2, 0.25) is 0 Å². The Morgan fingerprint density at radius 1 is 1.10 bits per heavy atom. The fourth-order valence-electron chi connectivity index (χ4n) is 0.674. The molecule has 2 nitrogen and oxygen atoms in total. The number of ketones is 2. The van der Waals surface area contributed by atoms with Crippen molar-refractivity contribution in [3.8, 4) is 0 Å². The van der Waals surface area contributed by atoms with Crippen molar-refractivity contribution in [1.82, 2.24) is 0 Å². The average molecular weight is 142 g/mol. The third-order valence-corrected chi connectivity index (χ3v) is 1.39. The molecule has 0 aliphatic carbocycles. The van der Waals surface area contributed by atoms with Crippen LogP contribution in [-0.4, -0.2) is 11.6 Å². The van der Waals surface area contributed by atoms with Crippen molar-refractivity contribution in [2.75, 3.05) is 0 Å². The third kappa shape index (κ3) is 3.38. The van der Waals surface area contributed by atoms with E-state index < -0.39 is 0 Å². The molecule has 0 aliphatic heterocycles. The second-order valence-corrected chi connectivity index (χ2v) is 2.30. The summed E-state index contributed by atoms with van der Waals surface area (Å²) in [5, 5.41) is 0. The maximum absolute atomic E-state index is 10.8. The molecule has 0 aromatic carbocycles. The maximum Gasteiger partial charge on any atom is 0.198 e. The van der Waals surface area contributed by atoms with Crippen LogP contribution >= 0.6 is 0 Å². The van der Waals surface area contributed by atoms with E-state index in [2.05, 4.69) is 0 Å². The molecule has 0 atom stereocenters. The molecule has 0 fully saturated rings. The van der Waals surface area contributed by atoms with Gasteiger partial charge >= 0.3 is 0 Å². The number of Topliss-reactive ketones (excluding diaryl/α,β-unsaturated/α-hetero) is 2. The van der Waals surface area contributed by atoms with E-state index in [0.717, 1.165) is 12.8 Å². The van der Waals surface area contributed by atoms with E-state index in [1.165, 1.54) is 0 Å². The first-order chi connectivity index (χ1) is 4.72. The van der Waals surface area contributed by atoms with Crippen molar-refractivity contribution < 1.29 is 9.59 Å². The van der Waals surface area contributed by atoms with Crippen molar-refractivity contribution in [2.45, 2.75) is 39.5 Å². The molecular weight excluding hydrogens is 128 g/mol. The van der Waals surface area contributed by atoms with Gasteiger partial charge in [0.1, 0.15) is 0 Å². The zero-order chi connectivity index (χ0) is 7.98. The summed E-state index contributed by atoms with van der Waals surface area (Å²) >= 11 is 0. The van der Waals surface area contributed by atoms with Crippen LogP contribution in [0.1, 0.15) is 39.5 Å². The predicted octanol–water partition coefficient (Wildman–Crippen LogP) is 1.72. The second kappa shape index (κ2) is 5.15. The summed E-state index contributed by atoms with van der Waals surface area (Å²) in [5.41, 5.74) is 0. The van der Waals surface area contributed by atoms with Gasteiger partial charge in [-0.3, -0.25) is 9.59 Å². The van der Waals surface area contributed by atoms with E-state index in [9.17, 15) is 9.59 Å². The molecule has 0 aromatic heterocycles. The normalized spacial score (nSPS) is 9.40. The van der Waals surface area contributed by atoms with E-state index in [0.29, 0.717) is 12.8 Å². The Kier molecular flexibility index (Phi) is 4.81. The first kappa shape index (κ1) is 9.34. The van der Waals surface area contributed by atoms with E-state index in [1.54, 1.807) is 6.92 Å². The first-order valence-electron chi connectivity index (χ1n) is 3.78. The standard InChI is InChI=1S/C8H14O2/c1-3-5-6-8(10)7(9)4-2/h3-6H2,1-2H3. The molecule has 58 valence electrons. The van der Waals surface area contributed by atoms with Crippen LogP contribution in [0.5, 0.6) is 0 Å². The first-order valence-corrected chi connectivity index (χ1v) is 3.78. The van der Waals surface area contributed by atoms with Crippen LogP contribution in [-0.2, 0) is 9.59 Å². The smallest absolute Gasteiger partial charge is 0.198 e. The lowest BCUT2D eigenvalue weighted by molar-refractivity contribution is -0.136. The lowest BCUT2D eigenvalue weighted by atomic mass is 10.1. The van der Waals surface area contributed by atoms with Crippen molar-refractivity contribution in [1.29, 1.82) is 0 Å². The SMILES string of the molecule is CCCCC(=O)C(=O)CC. The monoisotopic (exact) mass is 142 g/mol. The average Bonchev–Trinajstić information content (AvgIpc) is 1.98. The Hall–Kier alpha value is -0.660. The molecule has 0 rings (SSSR count). The summed E-state index contributed by atoms with van der Waals surface area (Å²) in [6.07, 6.45) is 2.60. The van der Waals surface area contributed by atoms with Crippen molar-refractivity contribution in [3.63, 3.8) is 0 Å². The molecule has 0 N–H and O–H groups in total. The van der Waals surface area contributed by atoms with E-state index in [-0.39, 0.29) is 11.6 Å². The Labute approximate surface area is 61.6 Å². The number of carbonyl (C=O) groups is 2. The minimum Gasteiger partial charge on any atom is -0.291 e. The summed E-state index contributed by atoms with van der Waals surface area (Å²) in [6, 6.07) is 0. The number of hydrogen-bond donors (Lipinski definition) is 0. The third-order valence-electron chi connectivity index (χ3n) is 1.39. The summed E-state index contributed by atoms with van der Waals surface area (Å²) in [7, 11) is 0. The van der Waals surface area contributed by atoms with Gasteiger partial charge in [0.15, 0.2) is 11.6 Å². The molecule has 0 bridgehead atoms. The number of unbranched alkanes of at least 4 members (excludes halogenated alkanes) is 1. The highest BCUT2D eigenvalue weighted by Crippen LogP contribution is 1.97. The Morgan fingerprint density at radius 2 is 1.70 bits per heavy atom. The topological polar surface area (TPSA) is 34.1 Å². The zero-order valence-corrected chi connectivity index (χ0v) is 6.64. The molecule has 0 saturated carbocycles. The van der Waals surface area contributed by atoms with Crippen molar-refractivity contribution in [2.24, 2.45) is 0 Å². The Morgan fingerprint density at radius 3 is 2.10 bits per heavy atom. The molecule has 0 aliphatic rings. The molecule has 2 heteroatoms. The Bertz CT molecular complexity index is 127. The molecule has 0 spiro atoms. The van der Waals surface area contributed by atoms with Crippen LogP contribution in [0.2, 0.25) is 0 Å². The van der Waals surface area contributed by atoms with Gasteiger partial charge in [-0.1, -0.05) is 20.3 Å². The highest BCUT2D eigenvalue weighted by Gasteiger charge is 2.08. The molecule has 0 unspecified atom stereocenters. The van der Waals surface area contributed by atoms with E-state index in [4.69, 9.17) is 0 Å². The van der Waals surface area contributed by atoms with Crippen LogP contribution in [0.15, 0.2) is 0 Å². The number of rotatable bonds is 5. The summed E-state index contributed by atoms with van der Waals surface area (Å²) in [6.45, 7) is 3.72. The van der Waals surface area contributed by atoms with E-state index >= 15 is 0 Å². The van der Waals surface area contributed by atoms with Gasteiger partial charge in [-0.05, 0) is 6.42 Å². The molecule has 0 radical (unpaired) electrons. The van der Waals surface area contributed by atoms with Crippen molar-refractivity contribution >= 4 is 11.6 Å². The molecule has 0 amide bonds. The minimum absolute atomic E-state index is 0.204. The maximum atomic E-state index is 10.8. The highest BCUT2D eigenvalue weighted by molar-refractivity contribution is 6.37. The van der Waals surface area contributed by atoms with Gasteiger partial charge < -0.3 is 0 Å². The van der Waals surface area contributed by atoms with Gasteiger partial charge in [0.25, 0.3) is 0 Å². The molecule has 10 heavy (non-hydrogen) atoms. The van der Waals surface area contributed by atoms with Gasteiger partial charge in [-0.15, -0.1) is 0 Å². The van der Waals surface area contributed by atoms with Gasteiger partial charge in [0.05, 0.1) is 0 Å². The molecule has 0 saturated heterocycles. The second-order valence-electron chi connectivity index (χ2n) is 2.30. The summed E-state index contributed by atoms with van der Waals surface area (Å²) in [4.78, 5) is 21.5. The van der Waals surface area contributed by atoms with Crippen LogP contribution in [0.25, 0.3) is 0 Å². The molecule has 0 aromatic rings. The van der Waals surface area contributed by atoms with E-state index in [1.807, 2.05) is 6.92 Å². The number of carbonyl (C=O) groups excluding carboxylic acids is 2. The zero-order valence-electron chi connectivity index (χ0n) is 6.64. The molecule has 0 heterocycles. The summed E-state index contributed by atoms with van der Waals surface area (Å²) < 4.78 is 0.